The predicted molar refractivity (Wildman–Crippen MR) is 78.8 cm³/mol. The molecule has 0 bridgehead atoms. The summed E-state index contributed by atoms with van der Waals surface area (Å²) in [4.78, 5) is 0. The van der Waals surface area contributed by atoms with Crippen molar-refractivity contribution < 1.29 is 0 Å². The molecule has 0 saturated heterocycles. The number of aryl methyl sites for hydroxylation is 1. The van der Waals surface area contributed by atoms with Crippen molar-refractivity contribution in [2.75, 3.05) is 0 Å². The fourth-order valence-electron chi connectivity index (χ4n) is 2.37. The molecule has 0 aliphatic carbocycles. The molecule has 1 heterocycles. The molecule has 1 aromatic heterocycles. The van der Waals surface area contributed by atoms with E-state index in [9.17, 15) is 0 Å². The summed E-state index contributed by atoms with van der Waals surface area (Å²) in [5, 5.41) is 6.77. The molecule has 0 radical (unpaired) electrons. The van der Waals surface area contributed by atoms with Crippen molar-refractivity contribution >= 4 is 10.8 Å². The first-order valence-electron chi connectivity index (χ1n) is 6.41. The molecule has 3 nitrogen and oxygen atoms in total. The monoisotopic (exact) mass is 251 g/mol. The number of nitrogens with zero attached hydrogens (tertiary/aromatic N) is 2. The van der Waals surface area contributed by atoms with Crippen molar-refractivity contribution in [1.82, 2.24) is 9.78 Å². The molecule has 0 unspecified atom stereocenters. The maximum Gasteiger partial charge on any atom is 0.0571 e. The minimum absolute atomic E-state index is 0.575. The maximum atomic E-state index is 5.70. The fourth-order valence-corrected chi connectivity index (χ4v) is 2.37. The normalized spacial score (nSPS) is 11.1. The molecule has 0 atom stereocenters. The molecule has 0 aliphatic heterocycles. The van der Waals surface area contributed by atoms with Gasteiger partial charge >= 0.3 is 0 Å². The van der Waals surface area contributed by atoms with Crippen LogP contribution in [0.25, 0.3) is 21.9 Å². The van der Waals surface area contributed by atoms with E-state index in [1.807, 2.05) is 17.9 Å². The van der Waals surface area contributed by atoms with Crippen LogP contribution >= 0.6 is 0 Å². The summed E-state index contributed by atoms with van der Waals surface area (Å²) in [6.07, 6.45) is 1.92. The van der Waals surface area contributed by atoms with E-state index in [1.165, 1.54) is 27.6 Å². The lowest BCUT2D eigenvalue weighted by molar-refractivity contribution is 0.740. The van der Waals surface area contributed by atoms with Gasteiger partial charge in [-0.2, -0.15) is 5.10 Å². The van der Waals surface area contributed by atoms with E-state index in [0.717, 1.165) is 5.56 Å². The van der Waals surface area contributed by atoms with Crippen LogP contribution < -0.4 is 5.73 Å². The second kappa shape index (κ2) is 4.52. The first kappa shape index (κ1) is 11.9. The number of rotatable bonds is 2. The molecular formula is C16H17N3. The van der Waals surface area contributed by atoms with Crippen molar-refractivity contribution in [3.63, 3.8) is 0 Å². The summed E-state index contributed by atoms with van der Waals surface area (Å²) >= 11 is 0. The Morgan fingerprint density at radius 3 is 2.58 bits per heavy atom. The second-order valence-electron chi connectivity index (χ2n) is 4.87. The highest BCUT2D eigenvalue weighted by atomic mass is 15.3. The van der Waals surface area contributed by atoms with Gasteiger partial charge in [0, 0.05) is 24.8 Å². The van der Waals surface area contributed by atoms with Crippen molar-refractivity contribution in [3.05, 3.63) is 53.9 Å². The van der Waals surface area contributed by atoms with E-state index in [1.54, 1.807) is 0 Å². The van der Waals surface area contributed by atoms with Crippen molar-refractivity contribution in [2.24, 2.45) is 12.8 Å². The Labute approximate surface area is 112 Å². The largest absolute Gasteiger partial charge is 0.326 e. The number of hydrogen-bond acceptors (Lipinski definition) is 2. The Morgan fingerprint density at radius 2 is 1.89 bits per heavy atom. The molecule has 0 fully saturated rings. The van der Waals surface area contributed by atoms with Gasteiger partial charge in [0.25, 0.3) is 0 Å². The standard InChI is InChI=1S/C16H17N3/c1-11-16(10-18-19(11)2)14-6-5-13-4-3-12(9-17)7-15(13)8-14/h3-8,10H,9,17H2,1-2H3. The number of benzene rings is 2. The Morgan fingerprint density at radius 1 is 1.11 bits per heavy atom. The minimum atomic E-state index is 0.575. The van der Waals surface area contributed by atoms with Crippen LogP contribution in [0.15, 0.2) is 42.6 Å². The molecule has 0 amide bonds. The van der Waals surface area contributed by atoms with Gasteiger partial charge in [-0.1, -0.05) is 24.3 Å². The highest BCUT2D eigenvalue weighted by Gasteiger charge is 2.07. The van der Waals surface area contributed by atoms with Gasteiger partial charge in [0.2, 0.25) is 0 Å². The third kappa shape index (κ3) is 2.02. The molecule has 3 aromatic rings. The quantitative estimate of drug-likeness (QED) is 0.761. The first-order chi connectivity index (χ1) is 9.19. The summed E-state index contributed by atoms with van der Waals surface area (Å²) in [5.74, 6) is 0. The van der Waals surface area contributed by atoms with E-state index in [-0.39, 0.29) is 0 Å². The summed E-state index contributed by atoms with van der Waals surface area (Å²) in [7, 11) is 1.96. The summed E-state index contributed by atoms with van der Waals surface area (Å²) in [6.45, 7) is 2.66. The Kier molecular flexibility index (Phi) is 2.84. The van der Waals surface area contributed by atoms with Crippen LogP contribution in [-0.4, -0.2) is 9.78 Å². The molecule has 2 N–H and O–H groups in total. The van der Waals surface area contributed by atoms with Crippen LogP contribution in [0.2, 0.25) is 0 Å². The highest BCUT2D eigenvalue weighted by Crippen LogP contribution is 2.27. The topological polar surface area (TPSA) is 43.8 Å². The lowest BCUT2D eigenvalue weighted by Gasteiger charge is -2.05. The van der Waals surface area contributed by atoms with E-state index in [0.29, 0.717) is 6.54 Å². The molecular weight excluding hydrogens is 234 g/mol. The average Bonchev–Trinajstić information content (AvgIpc) is 2.78. The molecule has 3 rings (SSSR count). The Bertz CT molecular complexity index is 741. The average molecular weight is 251 g/mol. The lowest BCUT2D eigenvalue weighted by atomic mass is 10.0. The van der Waals surface area contributed by atoms with Crippen LogP contribution in [0.3, 0.4) is 0 Å². The number of nitrogens with two attached hydrogens (primary N) is 1. The molecule has 0 spiro atoms. The van der Waals surface area contributed by atoms with Crippen LogP contribution in [-0.2, 0) is 13.6 Å². The number of hydrogen-bond donors (Lipinski definition) is 1. The smallest absolute Gasteiger partial charge is 0.0571 e. The maximum absolute atomic E-state index is 5.70. The van der Waals surface area contributed by atoms with E-state index in [2.05, 4.69) is 48.4 Å². The number of aromatic nitrogens is 2. The van der Waals surface area contributed by atoms with Gasteiger partial charge in [-0.15, -0.1) is 0 Å². The minimum Gasteiger partial charge on any atom is -0.326 e. The van der Waals surface area contributed by atoms with Crippen molar-refractivity contribution in [3.8, 4) is 11.1 Å². The summed E-state index contributed by atoms with van der Waals surface area (Å²) < 4.78 is 1.90. The highest BCUT2D eigenvalue weighted by molar-refractivity contribution is 5.88. The molecule has 0 saturated carbocycles. The van der Waals surface area contributed by atoms with Gasteiger partial charge < -0.3 is 5.73 Å². The van der Waals surface area contributed by atoms with Gasteiger partial charge in [0.05, 0.1) is 6.20 Å². The number of fused-ring (bicyclic) bond motifs is 1. The zero-order valence-corrected chi connectivity index (χ0v) is 11.2. The van der Waals surface area contributed by atoms with Gasteiger partial charge in [0.1, 0.15) is 0 Å². The summed E-state index contributed by atoms with van der Waals surface area (Å²) in [5.41, 5.74) is 10.4. The zero-order valence-electron chi connectivity index (χ0n) is 11.2. The molecule has 2 aromatic carbocycles. The lowest BCUT2D eigenvalue weighted by Crippen LogP contribution is -1.95. The zero-order chi connectivity index (χ0) is 13.4. The second-order valence-corrected chi connectivity index (χ2v) is 4.87. The van der Waals surface area contributed by atoms with Crippen LogP contribution in [0.1, 0.15) is 11.3 Å². The van der Waals surface area contributed by atoms with Gasteiger partial charge in [-0.3, -0.25) is 4.68 Å². The summed E-state index contributed by atoms with van der Waals surface area (Å²) in [6, 6.07) is 12.9. The van der Waals surface area contributed by atoms with E-state index < -0.39 is 0 Å². The van der Waals surface area contributed by atoms with E-state index in [4.69, 9.17) is 5.73 Å². The van der Waals surface area contributed by atoms with Gasteiger partial charge in [-0.25, -0.2) is 0 Å². The van der Waals surface area contributed by atoms with E-state index >= 15 is 0 Å². The SMILES string of the molecule is Cc1c(-c2ccc3ccc(CN)cc3c2)cnn1C. The predicted octanol–water partition coefficient (Wildman–Crippen LogP) is 3.01. The van der Waals surface area contributed by atoms with Crippen LogP contribution in [0, 0.1) is 6.92 Å². The Balaban J connectivity index is 2.17. The third-order valence-electron chi connectivity index (χ3n) is 3.69. The molecule has 96 valence electrons. The first-order valence-corrected chi connectivity index (χ1v) is 6.41. The molecule has 19 heavy (non-hydrogen) atoms. The fraction of sp³-hybridized carbons (Fsp3) is 0.188. The Hall–Kier alpha value is -2.13. The van der Waals surface area contributed by atoms with Gasteiger partial charge in [0.15, 0.2) is 0 Å². The van der Waals surface area contributed by atoms with Gasteiger partial charge in [-0.05, 0) is 41.0 Å². The third-order valence-corrected chi connectivity index (χ3v) is 3.69. The van der Waals surface area contributed by atoms with Crippen LogP contribution in [0.5, 0.6) is 0 Å². The molecule has 3 heteroatoms. The van der Waals surface area contributed by atoms with Crippen molar-refractivity contribution in [2.45, 2.75) is 13.5 Å². The van der Waals surface area contributed by atoms with Crippen molar-refractivity contribution in [1.29, 1.82) is 0 Å². The molecule has 0 aliphatic rings. The van der Waals surface area contributed by atoms with Crippen LogP contribution in [0.4, 0.5) is 0 Å².